The van der Waals surface area contributed by atoms with E-state index in [1.807, 2.05) is 47.5 Å². The third kappa shape index (κ3) is 4.42. The molecule has 1 N–H and O–H groups in total. The van der Waals surface area contributed by atoms with Crippen molar-refractivity contribution in [3.63, 3.8) is 0 Å². The summed E-state index contributed by atoms with van der Waals surface area (Å²) in [5, 5.41) is 3.47. The standard InChI is InChI=1S/C21H25N3O2/c1-3-4-16-5-10-20(22-15-16)23-18-11-13-24(14-12-18)21(25)17-6-8-19(26-2)9-7-17/h3,5-10,15,18H,1,4,11-14H2,2H3,(H,22,23). The molecule has 0 aliphatic carbocycles. The lowest BCUT2D eigenvalue weighted by Gasteiger charge is -2.32. The molecule has 0 spiro atoms. The van der Waals surface area contributed by atoms with Gasteiger partial charge < -0.3 is 15.0 Å². The van der Waals surface area contributed by atoms with E-state index in [1.54, 1.807) is 7.11 Å². The summed E-state index contributed by atoms with van der Waals surface area (Å²) in [5.41, 5.74) is 1.86. The van der Waals surface area contributed by atoms with E-state index >= 15 is 0 Å². The molecule has 1 aromatic heterocycles. The molecule has 0 bridgehead atoms. The average molecular weight is 351 g/mol. The summed E-state index contributed by atoms with van der Waals surface area (Å²) >= 11 is 0. The molecule has 1 amide bonds. The number of benzene rings is 1. The molecular weight excluding hydrogens is 326 g/mol. The first-order chi connectivity index (χ1) is 12.7. The van der Waals surface area contributed by atoms with Crippen LogP contribution in [0.15, 0.2) is 55.3 Å². The Morgan fingerprint density at radius 1 is 1.27 bits per heavy atom. The number of likely N-dealkylation sites (tertiary alicyclic amines) is 1. The zero-order chi connectivity index (χ0) is 18.4. The number of methoxy groups -OCH3 is 1. The molecule has 2 heterocycles. The minimum Gasteiger partial charge on any atom is -0.497 e. The number of pyridine rings is 1. The van der Waals surface area contributed by atoms with Crippen LogP contribution in [0, 0.1) is 0 Å². The number of nitrogens with zero attached hydrogens (tertiary/aromatic N) is 2. The predicted octanol–water partition coefficient (Wildman–Crippen LogP) is 3.54. The molecule has 5 nitrogen and oxygen atoms in total. The van der Waals surface area contributed by atoms with Gasteiger partial charge in [0.15, 0.2) is 0 Å². The molecular formula is C21H25N3O2. The first-order valence-electron chi connectivity index (χ1n) is 8.95. The average Bonchev–Trinajstić information content (AvgIpc) is 2.70. The molecule has 1 fully saturated rings. The molecule has 1 saturated heterocycles. The van der Waals surface area contributed by atoms with Crippen molar-refractivity contribution >= 4 is 11.7 Å². The maximum Gasteiger partial charge on any atom is 0.253 e. The summed E-state index contributed by atoms with van der Waals surface area (Å²) in [7, 11) is 1.62. The van der Waals surface area contributed by atoms with Crippen LogP contribution in [0.1, 0.15) is 28.8 Å². The fourth-order valence-electron chi connectivity index (χ4n) is 3.15. The maximum atomic E-state index is 12.6. The number of rotatable bonds is 6. The molecule has 0 unspecified atom stereocenters. The van der Waals surface area contributed by atoms with Gasteiger partial charge in [0.2, 0.25) is 0 Å². The Morgan fingerprint density at radius 2 is 2.00 bits per heavy atom. The monoisotopic (exact) mass is 351 g/mol. The second kappa shape index (κ2) is 8.52. The largest absolute Gasteiger partial charge is 0.497 e. The van der Waals surface area contributed by atoms with Gasteiger partial charge in [0, 0.05) is 30.9 Å². The van der Waals surface area contributed by atoms with Crippen LogP contribution >= 0.6 is 0 Å². The second-order valence-electron chi connectivity index (χ2n) is 6.48. The molecule has 1 aromatic carbocycles. The highest BCUT2D eigenvalue weighted by Crippen LogP contribution is 2.19. The number of anilines is 1. The fourth-order valence-corrected chi connectivity index (χ4v) is 3.15. The SMILES string of the molecule is C=CCc1ccc(NC2CCN(C(=O)c3ccc(OC)cc3)CC2)nc1. The van der Waals surface area contributed by atoms with Gasteiger partial charge in [0.25, 0.3) is 5.91 Å². The molecule has 1 aliphatic rings. The van der Waals surface area contributed by atoms with E-state index in [0.29, 0.717) is 11.6 Å². The number of piperidine rings is 1. The number of hydrogen-bond donors (Lipinski definition) is 1. The van der Waals surface area contributed by atoms with E-state index in [2.05, 4.69) is 22.9 Å². The Hall–Kier alpha value is -2.82. The van der Waals surface area contributed by atoms with Gasteiger partial charge >= 0.3 is 0 Å². The lowest BCUT2D eigenvalue weighted by Crippen LogP contribution is -2.42. The number of amides is 1. The van der Waals surface area contributed by atoms with Crippen molar-refractivity contribution in [3.8, 4) is 5.75 Å². The highest BCUT2D eigenvalue weighted by atomic mass is 16.5. The normalized spacial score (nSPS) is 14.7. The van der Waals surface area contributed by atoms with E-state index in [1.165, 1.54) is 0 Å². The highest BCUT2D eigenvalue weighted by Gasteiger charge is 2.23. The molecule has 1 aliphatic heterocycles. The van der Waals surface area contributed by atoms with Crippen molar-refractivity contribution in [2.24, 2.45) is 0 Å². The number of ether oxygens (including phenoxy) is 1. The molecule has 3 rings (SSSR count). The Balaban J connectivity index is 1.51. The van der Waals surface area contributed by atoms with Crippen LogP contribution in [0.5, 0.6) is 5.75 Å². The second-order valence-corrected chi connectivity index (χ2v) is 6.48. The maximum absolute atomic E-state index is 12.6. The number of carbonyl (C=O) groups is 1. The summed E-state index contributed by atoms with van der Waals surface area (Å²) in [6.07, 6.45) is 6.42. The summed E-state index contributed by atoms with van der Waals surface area (Å²) in [6.45, 7) is 5.24. The van der Waals surface area contributed by atoms with Crippen molar-refractivity contribution in [3.05, 3.63) is 66.4 Å². The van der Waals surface area contributed by atoms with Gasteiger partial charge in [-0.2, -0.15) is 0 Å². The van der Waals surface area contributed by atoms with Crippen LogP contribution in [0.4, 0.5) is 5.82 Å². The van der Waals surface area contributed by atoms with E-state index in [4.69, 9.17) is 4.74 Å². The molecule has 0 atom stereocenters. The van der Waals surface area contributed by atoms with Crippen molar-refractivity contribution in [2.75, 3.05) is 25.5 Å². The van der Waals surface area contributed by atoms with Gasteiger partial charge in [-0.1, -0.05) is 12.1 Å². The summed E-state index contributed by atoms with van der Waals surface area (Å²) in [6, 6.07) is 11.7. The van der Waals surface area contributed by atoms with Crippen LogP contribution in [0.25, 0.3) is 0 Å². The van der Waals surface area contributed by atoms with Gasteiger partial charge in [-0.15, -0.1) is 6.58 Å². The van der Waals surface area contributed by atoms with Crippen LogP contribution in [0.3, 0.4) is 0 Å². The van der Waals surface area contributed by atoms with E-state index < -0.39 is 0 Å². The summed E-state index contributed by atoms with van der Waals surface area (Å²) in [5.74, 6) is 1.73. The Labute approximate surface area is 154 Å². The van der Waals surface area contributed by atoms with E-state index in [0.717, 1.165) is 49.5 Å². The number of aromatic nitrogens is 1. The number of nitrogens with one attached hydrogen (secondary N) is 1. The molecule has 0 saturated carbocycles. The van der Waals surface area contributed by atoms with Gasteiger partial charge in [-0.3, -0.25) is 4.79 Å². The predicted molar refractivity (Wildman–Crippen MR) is 104 cm³/mol. The van der Waals surface area contributed by atoms with E-state index in [-0.39, 0.29) is 5.91 Å². The van der Waals surface area contributed by atoms with Crippen molar-refractivity contribution < 1.29 is 9.53 Å². The third-order valence-electron chi connectivity index (χ3n) is 4.68. The zero-order valence-corrected chi connectivity index (χ0v) is 15.1. The Morgan fingerprint density at radius 3 is 2.58 bits per heavy atom. The van der Waals surface area contributed by atoms with Crippen LogP contribution in [-0.2, 0) is 6.42 Å². The number of carbonyl (C=O) groups excluding carboxylic acids is 1. The minimum atomic E-state index is 0.0815. The van der Waals surface area contributed by atoms with Crippen LogP contribution in [0.2, 0.25) is 0 Å². The van der Waals surface area contributed by atoms with Gasteiger partial charge in [-0.25, -0.2) is 4.98 Å². The van der Waals surface area contributed by atoms with Crippen LogP contribution < -0.4 is 10.1 Å². The minimum absolute atomic E-state index is 0.0815. The molecule has 2 aromatic rings. The zero-order valence-electron chi connectivity index (χ0n) is 15.1. The topological polar surface area (TPSA) is 54.5 Å². The van der Waals surface area contributed by atoms with Gasteiger partial charge in [0.1, 0.15) is 11.6 Å². The van der Waals surface area contributed by atoms with Gasteiger partial charge in [-0.05, 0) is 55.2 Å². The lowest BCUT2D eigenvalue weighted by atomic mass is 10.0. The third-order valence-corrected chi connectivity index (χ3v) is 4.68. The summed E-state index contributed by atoms with van der Waals surface area (Å²) < 4.78 is 5.14. The molecule has 136 valence electrons. The van der Waals surface area contributed by atoms with E-state index in [9.17, 15) is 4.79 Å². The van der Waals surface area contributed by atoms with Crippen LogP contribution in [-0.4, -0.2) is 42.0 Å². The van der Waals surface area contributed by atoms with Crippen molar-refractivity contribution in [1.82, 2.24) is 9.88 Å². The Kier molecular flexibility index (Phi) is 5.89. The van der Waals surface area contributed by atoms with Crippen molar-refractivity contribution in [1.29, 1.82) is 0 Å². The van der Waals surface area contributed by atoms with Crippen molar-refractivity contribution in [2.45, 2.75) is 25.3 Å². The first-order valence-corrected chi connectivity index (χ1v) is 8.95. The Bertz CT molecular complexity index is 733. The lowest BCUT2D eigenvalue weighted by molar-refractivity contribution is 0.0718. The molecule has 26 heavy (non-hydrogen) atoms. The fraction of sp³-hybridized carbons (Fsp3) is 0.333. The number of allylic oxidation sites excluding steroid dienone is 1. The van der Waals surface area contributed by atoms with Gasteiger partial charge in [0.05, 0.1) is 7.11 Å². The summed E-state index contributed by atoms with van der Waals surface area (Å²) in [4.78, 5) is 19.0. The smallest absolute Gasteiger partial charge is 0.253 e. The quantitative estimate of drug-likeness (QED) is 0.809. The highest BCUT2D eigenvalue weighted by molar-refractivity contribution is 5.94. The number of hydrogen-bond acceptors (Lipinski definition) is 4. The molecule has 5 heteroatoms. The first kappa shape index (κ1) is 18.0. The molecule has 0 radical (unpaired) electrons.